The van der Waals surface area contributed by atoms with Crippen molar-refractivity contribution < 1.29 is 13.6 Å². The largest absolute Gasteiger partial charge is 0.383 e. The highest BCUT2D eigenvalue weighted by Gasteiger charge is 2.56. The molecule has 4 N–H and O–H groups in total. The van der Waals surface area contributed by atoms with Gasteiger partial charge in [-0.15, -0.1) is 12.0 Å². The van der Waals surface area contributed by atoms with E-state index in [1.807, 2.05) is 24.3 Å². The maximum absolute atomic E-state index is 14.0. The number of nitrogens with one attached hydrogen (secondary N) is 4. The lowest BCUT2D eigenvalue weighted by Crippen LogP contribution is -2.48. The van der Waals surface area contributed by atoms with Crippen LogP contribution >= 0.6 is 11.6 Å². The zero-order valence-corrected chi connectivity index (χ0v) is 25.2. The average molecular weight is 606 g/mol. The van der Waals surface area contributed by atoms with Gasteiger partial charge in [0.15, 0.2) is 0 Å². The van der Waals surface area contributed by atoms with E-state index in [2.05, 4.69) is 53.3 Å². The van der Waals surface area contributed by atoms with Crippen molar-refractivity contribution >= 4 is 39.8 Å². The molecule has 0 unspecified atom stereocenters. The quantitative estimate of drug-likeness (QED) is 0.233. The number of halogens is 3. The van der Waals surface area contributed by atoms with Crippen molar-refractivity contribution in [3.05, 3.63) is 75.7 Å². The Morgan fingerprint density at radius 2 is 2.02 bits per heavy atom. The number of fused-ring (bicyclic) bond motifs is 2. The molecule has 3 aliphatic rings. The Bertz CT molecular complexity index is 1690. The number of pyridine rings is 1. The van der Waals surface area contributed by atoms with Gasteiger partial charge in [-0.05, 0) is 47.6 Å². The van der Waals surface area contributed by atoms with Gasteiger partial charge in [0.25, 0.3) is 12.3 Å². The van der Waals surface area contributed by atoms with E-state index in [0.717, 1.165) is 22.2 Å². The number of anilines is 2. The summed E-state index contributed by atoms with van der Waals surface area (Å²) in [7, 11) is 1.76. The maximum atomic E-state index is 14.0. The number of aromatic nitrogens is 1. The Balaban J connectivity index is 1.45. The van der Waals surface area contributed by atoms with E-state index in [-0.39, 0.29) is 11.3 Å². The van der Waals surface area contributed by atoms with Crippen LogP contribution in [0.2, 0.25) is 5.02 Å². The van der Waals surface area contributed by atoms with Crippen LogP contribution in [0.25, 0.3) is 10.9 Å². The van der Waals surface area contributed by atoms with Gasteiger partial charge in [-0.2, -0.15) is 0 Å². The van der Waals surface area contributed by atoms with Crippen LogP contribution in [0.3, 0.4) is 0 Å². The fourth-order valence-corrected chi connectivity index (χ4v) is 5.93. The molecule has 3 heterocycles. The van der Waals surface area contributed by atoms with Crippen LogP contribution in [-0.4, -0.2) is 46.4 Å². The third-order valence-electron chi connectivity index (χ3n) is 8.23. The van der Waals surface area contributed by atoms with E-state index in [4.69, 9.17) is 18.0 Å². The summed E-state index contributed by atoms with van der Waals surface area (Å²) < 4.78 is 28.0. The second-order valence-electron chi connectivity index (χ2n) is 12.7. The smallest absolute Gasteiger partial charge is 0.262 e. The topological polar surface area (TPSA) is 84.6 Å². The molecule has 11 heteroatoms. The Morgan fingerprint density at radius 1 is 1.26 bits per heavy atom. The molecule has 0 radical (unpaired) electrons. The van der Waals surface area contributed by atoms with E-state index in [9.17, 15) is 13.6 Å². The van der Waals surface area contributed by atoms with Gasteiger partial charge in [0, 0.05) is 49.2 Å². The Hall–Kier alpha value is -4.07. The maximum Gasteiger partial charge on any atom is 0.262 e. The number of benzene rings is 2. The van der Waals surface area contributed by atoms with Crippen LogP contribution in [0.5, 0.6) is 0 Å². The number of nitrogens with zero attached hydrogens (tertiary/aromatic N) is 3. The monoisotopic (exact) mass is 605 g/mol. The second kappa shape index (κ2) is 10.6. The van der Waals surface area contributed by atoms with Crippen molar-refractivity contribution in [2.45, 2.75) is 58.2 Å². The van der Waals surface area contributed by atoms with Crippen molar-refractivity contribution in [3.63, 3.8) is 0 Å². The first-order valence-corrected chi connectivity index (χ1v) is 14.6. The molecule has 2 aromatic carbocycles. The zero-order chi connectivity index (χ0) is 30.7. The van der Waals surface area contributed by atoms with Crippen molar-refractivity contribution in [3.8, 4) is 12.3 Å². The van der Waals surface area contributed by atoms with E-state index >= 15 is 0 Å². The summed E-state index contributed by atoms with van der Waals surface area (Å²) in [5.74, 6) is 2.66. The number of hydrazine groups is 2. The zero-order valence-electron chi connectivity index (χ0n) is 24.5. The predicted molar refractivity (Wildman–Crippen MR) is 165 cm³/mol. The fraction of sp³-hybridized carbons (Fsp3) is 0.375. The number of carbonyl (C=O) groups is 1. The first-order chi connectivity index (χ1) is 20.4. The molecule has 1 amide bonds. The normalized spacial score (nSPS) is 17.9. The fourth-order valence-electron chi connectivity index (χ4n) is 5.66. The Kier molecular flexibility index (Phi) is 7.14. The van der Waals surface area contributed by atoms with Crippen LogP contribution in [0, 0.1) is 17.8 Å². The molecule has 6 rings (SSSR count). The summed E-state index contributed by atoms with van der Waals surface area (Å²) in [5.41, 5.74) is 10.4. The summed E-state index contributed by atoms with van der Waals surface area (Å²) in [6.45, 7) is 7.49. The van der Waals surface area contributed by atoms with Crippen molar-refractivity contribution in [2.24, 2.45) is 5.41 Å². The number of carbonyl (C=O) groups excluding carboxylic acids is 1. The van der Waals surface area contributed by atoms with Gasteiger partial charge in [-0.25, -0.2) is 8.78 Å². The minimum atomic E-state index is -2.51. The molecule has 224 valence electrons. The van der Waals surface area contributed by atoms with Crippen LogP contribution in [0.1, 0.15) is 66.7 Å². The number of rotatable bonds is 8. The number of alkyl halides is 2. The molecule has 1 aliphatic carbocycles. The second-order valence-corrected chi connectivity index (χ2v) is 13.1. The highest BCUT2D eigenvalue weighted by atomic mass is 35.5. The molecule has 1 fully saturated rings. The number of hydrogen-bond acceptors (Lipinski definition) is 7. The summed E-state index contributed by atoms with van der Waals surface area (Å²) in [6, 6.07) is 8.79. The van der Waals surface area contributed by atoms with Crippen molar-refractivity contribution in [2.75, 3.05) is 24.2 Å². The number of amides is 1. The van der Waals surface area contributed by atoms with E-state index in [1.165, 1.54) is 5.01 Å². The van der Waals surface area contributed by atoms with Crippen molar-refractivity contribution in [1.82, 2.24) is 25.9 Å². The van der Waals surface area contributed by atoms with Gasteiger partial charge in [-0.3, -0.25) is 14.8 Å². The molecule has 0 spiro atoms. The lowest BCUT2D eigenvalue weighted by molar-refractivity contribution is 0.00911. The van der Waals surface area contributed by atoms with Crippen LogP contribution in [-0.2, 0) is 6.54 Å². The highest BCUT2D eigenvalue weighted by Crippen LogP contribution is 2.47. The Labute approximate surface area is 254 Å². The number of terminal acetylenes is 1. The minimum absolute atomic E-state index is 0.0128. The first kappa shape index (κ1) is 29.0. The molecule has 0 saturated heterocycles. The summed E-state index contributed by atoms with van der Waals surface area (Å²) in [6.07, 6.45) is 7.45. The standard InChI is InChI=1S/C32H34ClF2N7O/c1-6-18-14-36-27-22(26(18)37-17-31(2,3)4)12-19(13-24(27)33)38-28(20-8-7-9-21-23(20)15-41(5)29(21)43)25-16-42(40-39-25)32(10-11-32)30(34)35/h1,7-9,12-14,16,28,30,38-40H,10-11,15,17H2,2-5H3,(H,36,37)/t28-/m0/s1. The third-order valence-corrected chi connectivity index (χ3v) is 8.52. The molecule has 1 aromatic heterocycles. The van der Waals surface area contributed by atoms with E-state index < -0.39 is 18.0 Å². The Morgan fingerprint density at radius 3 is 2.70 bits per heavy atom. The molecule has 43 heavy (non-hydrogen) atoms. The van der Waals surface area contributed by atoms with Gasteiger partial charge < -0.3 is 21.0 Å². The molecule has 8 nitrogen and oxygen atoms in total. The minimum Gasteiger partial charge on any atom is -0.383 e. The van der Waals surface area contributed by atoms with Crippen molar-refractivity contribution in [1.29, 1.82) is 0 Å². The molecule has 0 bridgehead atoms. The highest BCUT2D eigenvalue weighted by molar-refractivity contribution is 6.35. The van der Waals surface area contributed by atoms with E-state index in [0.29, 0.717) is 59.0 Å². The lowest BCUT2D eigenvalue weighted by atomic mass is 9.95. The molecule has 2 aliphatic heterocycles. The molecule has 1 saturated carbocycles. The third kappa shape index (κ3) is 5.21. The van der Waals surface area contributed by atoms with E-state index in [1.54, 1.807) is 30.4 Å². The summed E-state index contributed by atoms with van der Waals surface area (Å²) in [5, 5.41) is 9.73. The number of hydrogen-bond donors (Lipinski definition) is 4. The SMILES string of the molecule is C#Cc1cnc2c(Cl)cc(N[C@H](C3=CN(C4(C(F)F)CC4)NN3)c3cccc4c3CN(C)C4=O)cc2c1NCC(C)(C)C. The molecular weight excluding hydrogens is 572 g/mol. The summed E-state index contributed by atoms with van der Waals surface area (Å²) in [4.78, 5) is 19.1. The van der Waals surface area contributed by atoms with Crippen LogP contribution < -0.4 is 21.6 Å². The van der Waals surface area contributed by atoms with Crippen LogP contribution in [0.4, 0.5) is 20.2 Å². The van der Waals surface area contributed by atoms with Gasteiger partial charge in [0.2, 0.25) is 0 Å². The molecule has 3 aromatic rings. The van der Waals surface area contributed by atoms with Gasteiger partial charge >= 0.3 is 0 Å². The predicted octanol–water partition coefficient (Wildman–Crippen LogP) is 6.03. The average Bonchev–Trinajstić information content (AvgIpc) is 3.54. The molecular formula is C32H34ClF2N7O. The van der Waals surface area contributed by atoms with Gasteiger partial charge in [0.05, 0.1) is 33.5 Å². The van der Waals surface area contributed by atoms with Crippen LogP contribution in [0.15, 0.2) is 48.4 Å². The molecule has 1 atom stereocenters. The van der Waals surface area contributed by atoms with Gasteiger partial charge in [0.1, 0.15) is 5.54 Å². The lowest BCUT2D eigenvalue weighted by Gasteiger charge is -2.25. The van der Waals surface area contributed by atoms with Gasteiger partial charge in [-0.1, -0.05) is 50.4 Å². The first-order valence-electron chi connectivity index (χ1n) is 14.2. The summed E-state index contributed by atoms with van der Waals surface area (Å²) >= 11 is 6.80.